The van der Waals surface area contributed by atoms with E-state index in [2.05, 4.69) is 27.1 Å². The first-order chi connectivity index (χ1) is 13.1. The average Bonchev–Trinajstić information content (AvgIpc) is 2.70. The minimum Gasteiger partial charge on any atom is -0.424 e. The van der Waals surface area contributed by atoms with Crippen molar-refractivity contribution in [3.63, 3.8) is 0 Å². The van der Waals surface area contributed by atoms with E-state index in [4.69, 9.17) is 4.74 Å². The van der Waals surface area contributed by atoms with Crippen molar-refractivity contribution in [3.8, 4) is 11.8 Å². The predicted octanol–water partition coefficient (Wildman–Crippen LogP) is 4.29. The second-order valence-electron chi connectivity index (χ2n) is 6.13. The zero-order chi connectivity index (χ0) is 19.2. The molecule has 0 aliphatic carbocycles. The fraction of sp³-hybridized carbons (Fsp3) is 0.190. The van der Waals surface area contributed by atoms with Crippen molar-refractivity contribution in [2.24, 2.45) is 0 Å². The molecule has 2 aromatic carbocycles. The van der Waals surface area contributed by atoms with Crippen LogP contribution in [-0.2, 0) is 0 Å². The molecule has 1 N–H and O–H groups in total. The first-order valence-electron chi connectivity index (χ1n) is 8.75. The minimum absolute atomic E-state index is 0.149. The number of aromatic nitrogens is 2. The Hall–Kier alpha value is -3.41. The second kappa shape index (κ2) is 8.31. The molecule has 0 spiro atoms. The van der Waals surface area contributed by atoms with Crippen LogP contribution in [0.25, 0.3) is 0 Å². The SMILES string of the molecule is CCN(C)c1ccc(C(=O)Nc2ccc(Oc3ncccn3)cc2C)cc1. The summed E-state index contributed by atoms with van der Waals surface area (Å²) < 4.78 is 5.61. The van der Waals surface area contributed by atoms with Gasteiger partial charge in [-0.3, -0.25) is 4.79 Å². The highest BCUT2D eigenvalue weighted by atomic mass is 16.5. The molecule has 138 valence electrons. The zero-order valence-corrected chi connectivity index (χ0v) is 15.6. The maximum absolute atomic E-state index is 12.5. The number of rotatable bonds is 6. The third kappa shape index (κ3) is 4.61. The highest BCUT2D eigenvalue weighted by Crippen LogP contribution is 2.25. The van der Waals surface area contributed by atoms with Gasteiger partial charge in [-0.25, -0.2) is 9.97 Å². The third-order valence-corrected chi connectivity index (χ3v) is 4.24. The smallest absolute Gasteiger partial charge is 0.321 e. The van der Waals surface area contributed by atoms with Crippen molar-refractivity contribution in [1.29, 1.82) is 0 Å². The molecule has 0 saturated heterocycles. The number of hydrogen-bond acceptors (Lipinski definition) is 5. The van der Waals surface area contributed by atoms with Gasteiger partial charge in [0, 0.05) is 42.9 Å². The van der Waals surface area contributed by atoms with E-state index in [1.54, 1.807) is 24.5 Å². The predicted molar refractivity (Wildman–Crippen MR) is 107 cm³/mol. The van der Waals surface area contributed by atoms with E-state index in [1.807, 2.05) is 50.4 Å². The van der Waals surface area contributed by atoms with Crippen molar-refractivity contribution in [2.45, 2.75) is 13.8 Å². The highest BCUT2D eigenvalue weighted by molar-refractivity contribution is 6.04. The van der Waals surface area contributed by atoms with Crippen molar-refractivity contribution in [3.05, 3.63) is 72.1 Å². The standard InChI is InChI=1S/C21H22N4O2/c1-4-25(3)17-8-6-16(7-9-17)20(26)24-19-11-10-18(14-15(19)2)27-21-22-12-5-13-23-21/h5-14H,4H2,1-3H3,(H,24,26). The largest absolute Gasteiger partial charge is 0.424 e. The fourth-order valence-electron chi connectivity index (χ4n) is 2.53. The third-order valence-electron chi connectivity index (χ3n) is 4.24. The van der Waals surface area contributed by atoms with E-state index in [9.17, 15) is 4.79 Å². The molecule has 0 aliphatic rings. The molecule has 1 amide bonds. The molecule has 0 bridgehead atoms. The number of carbonyl (C=O) groups is 1. The van der Waals surface area contributed by atoms with Gasteiger partial charge in [0.25, 0.3) is 5.91 Å². The van der Waals surface area contributed by atoms with Gasteiger partial charge in [0.2, 0.25) is 0 Å². The van der Waals surface area contributed by atoms with Gasteiger partial charge in [-0.05, 0) is 67.9 Å². The lowest BCUT2D eigenvalue weighted by Crippen LogP contribution is -2.16. The second-order valence-corrected chi connectivity index (χ2v) is 6.13. The van der Waals surface area contributed by atoms with Crippen molar-refractivity contribution >= 4 is 17.3 Å². The van der Waals surface area contributed by atoms with Crippen molar-refractivity contribution in [2.75, 3.05) is 23.8 Å². The number of nitrogens with one attached hydrogen (secondary N) is 1. The summed E-state index contributed by atoms with van der Waals surface area (Å²) in [6.07, 6.45) is 3.24. The first-order valence-corrected chi connectivity index (χ1v) is 8.75. The molecular weight excluding hydrogens is 340 g/mol. The highest BCUT2D eigenvalue weighted by Gasteiger charge is 2.10. The van der Waals surface area contributed by atoms with E-state index in [0.717, 1.165) is 23.5 Å². The van der Waals surface area contributed by atoms with Crippen molar-refractivity contribution in [1.82, 2.24) is 9.97 Å². The first kappa shape index (κ1) is 18.4. The van der Waals surface area contributed by atoms with E-state index in [1.165, 1.54) is 0 Å². The van der Waals surface area contributed by atoms with Gasteiger partial charge in [0.1, 0.15) is 5.75 Å². The van der Waals surface area contributed by atoms with Crippen LogP contribution in [0.4, 0.5) is 11.4 Å². The molecule has 0 atom stereocenters. The molecule has 3 rings (SSSR count). The monoisotopic (exact) mass is 362 g/mol. The number of amides is 1. The molecule has 0 fully saturated rings. The number of anilines is 2. The van der Waals surface area contributed by atoms with Crippen LogP contribution in [0, 0.1) is 6.92 Å². The minimum atomic E-state index is -0.149. The topological polar surface area (TPSA) is 67.4 Å². The number of ether oxygens (including phenoxy) is 1. The number of hydrogen-bond donors (Lipinski definition) is 1. The Bertz CT molecular complexity index is 911. The van der Waals surface area contributed by atoms with Crippen LogP contribution < -0.4 is 15.0 Å². The molecule has 1 heterocycles. The van der Waals surface area contributed by atoms with Crippen LogP contribution in [0.1, 0.15) is 22.8 Å². The van der Waals surface area contributed by atoms with Gasteiger partial charge in [0.05, 0.1) is 0 Å². The number of benzene rings is 2. The Morgan fingerprint density at radius 2 is 1.81 bits per heavy atom. The summed E-state index contributed by atoms with van der Waals surface area (Å²) in [5.41, 5.74) is 3.31. The maximum atomic E-state index is 12.5. The summed E-state index contributed by atoms with van der Waals surface area (Å²) in [7, 11) is 2.02. The molecule has 6 heteroatoms. The molecule has 0 aliphatic heterocycles. The summed E-state index contributed by atoms with van der Waals surface area (Å²) in [4.78, 5) is 22.7. The molecule has 27 heavy (non-hydrogen) atoms. The van der Waals surface area contributed by atoms with Crippen LogP contribution in [0.5, 0.6) is 11.8 Å². The fourth-order valence-corrected chi connectivity index (χ4v) is 2.53. The van der Waals surface area contributed by atoms with Crippen LogP contribution >= 0.6 is 0 Å². The zero-order valence-electron chi connectivity index (χ0n) is 15.6. The Morgan fingerprint density at radius 1 is 1.11 bits per heavy atom. The number of aryl methyl sites for hydroxylation is 1. The molecule has 0 saturated carbocycles. The molecule has 0 radical (unpaired) electrons. The number of carbonyl (C=O) groups excluding carboxylic acids is 1. The van der Waals surface area contributed by atoms with Gasteiger partial charge >= 0.3 is 6.01 Å². The summed E-state index contributed by atoms with van der Waals surface area (Å²) >= 11 is 0. The Labute approximate surface area is 158 Å². The van der Waals surface area contributed by atoms with Gasteiger partial charge in [0.15, 0.2) is 0 Å². The van der Waals surface area contributed by atoms with Crippen molar-refractivity contribution < 1.29 is 9.53 Å². The van der Waals surface area contributed by atoms with Crippen LogP contribution in [0.3, 0.4) is 0 Å². The summed E-state index contributed by atoms with van der Waals surface area (Å²) in [5, 5.41) is 2.94. The lowest BCUT2D eigenvalue weighted by molar-refractivity contribution is 0.102. The maximum Gasteiger partial charge on any atom is 0.321 e. The molecule has 1 aromatic heterocycles. The van der Waals surface area contributed by atoms with Gasteiger partial charge < -0.3 is 15.0 Å². The van der Waals surface area contributed by atoms with Gasteiger partial charge in [-0.1, -0.05) is 0 Å². The Morgan fingerprint density at radius 3 is 2.44 bits per heavy atom. The Balaban J connectivity index is 1.69. The van der Waals surface area contributed by atoms with E-state index < -0.39 is 0 Å². The summed E-state index contributed by atoms with van der Waals surface area (Å²) in [6, 6.07) is 15.0. The molecule has 6 nitrogen and oxygen atoms in total. The average molecular weight is 362 g/mol. The van der Waals surface area contributed by atoms with E-state index >= 15 is 0 Å². The van der Waals surface area contributed by atoms with Crippen LogP contribution in [0.2, 0.25) is 0 Å². The lowest BCUT2D eigenvalue weighted by atomic mass is 10.1. The molecular formula is C21H22N4O2. The summed E-state index contributed by atoms with van der Waals surface area (Å²) in [6.45, 7) is 4.90. The molecule has 3 aromatic rings. The molecule has 0 unspecified atom stereocenters. The van der Waals surface area contributed by atoms with E-state index in [-0.39, 0.29) is 11.9 Å². The van der Waals surface area contributed by atoms with Crippen LogP contribution in [-0.4, -0.2) is 29.5 Å². The van der Waals surface area contributed by atoms with Crippen LogP contribution in [0.15, 0.2) is 60.9 Å². The normalized spacial score (nSPS) is 10.3. The van der Waals surface area contributed by atoms with Gasteiger partial charge in [-0.15, -0.1) is 0 Å². The summed E-state index contributed by atoms with van der Waals surface area (Å²) in [5.74, 6) is 0.465. The van der Waals surface area contributed by atoms with Gasteiger partial charge in [-0.2, -0.15) is 0 Å². The van der Waals surface area contributed by atoms with E-state index in [0.29, 0.717) is 11.3 Å². The lowest BCUT2D eigenvalue weighted by Gasteiger charge is -2.17. The quantitative estimate of drug-likeness (QED) is 0.709. The Kier molecular flexibility index (Phi) is 5.66. The number of nitrogens with zero attached hydrogens (tertiary/aromatic N) is 3.